The summed E-state index contributed by atoms with van der Waals surface area (Å²) in [5.41, 5.74) is 1.46. The summed E-state index contributed by atoms with van der Waals surface area (Å²) < 4.78 is 2.29. The molecule has 0 spiro atoms. The molecule has 2 aromatic rings. The Morgan fingerprint density at radius 3 is 2.74 bits per heavy atom. The van der Waals surface area contributed by atoms with Gasteiger partial charge in [0.1, 0.15) is 4.47 Å². The van der Waals surface area contributed by atoms with Crippen LogP contribution in [0.25, 0.3) is 0 Å². The zero-order chi connectivity index (χ0) is 14.0. The monoisotopic (exact) mass is 322 g/mol. The minimum Gasteiger partial charge on any atom is -0.349 e. The summed E-state index contributed by atoms with van der Waals surface area (Å²) in [6.45, 7) is 1.97. The van der Waals surface area contributed by atoms with Crippen molar-refractivity contribution < 1.29 is 9.72 Å². The number of nitrogens with zero attached hydrogens (tertiary/aromatic N) is 2. The van der Waals surface area contributed by atoms with Gasteiger partial charge in [0.15, 0.2) is 5.78 Å². The number of nitro benzene ring substituents is 1. The van der Waals surface area contributed by atoms with Gasteiger partial charge in [0.05, 0.1) is 4.92 Å². The van der Waals surface area contributed by atoms with Gasteiger partial charge in [0.2, 0.25) is 0 Å². The van der Waals surface area contributed by atoms with Crippen molar-refractivity contribution in [2.45, 2.75) is 13.5 Å². The number of carbonyl (C=O) groups excluding carboxylic acids is 1. The molecule has 98 valence electrons. The lowest BCUT2D eigenvalue weighted by atomic mass is 10.2. The third kappa shape index (κ3) is 2.90. The van der Waals surface area contributed by atoms with E-state index < -0.39 is 4.92 Å². The highest BCUT2D eigenvalue weighted by atomic mass is 79.9. The number of hydrogen-bond donors (Lipinski definition) is 0. The number of ketones is 1. The van der Waals surface area contributed by atoms with Crippen LogP contribution in [-0.2, 0) is 6.54 Å². The number of carbonyl (C=O) groups is 1. The Bertz CT molecular complexity index is 649. The first-order valence-corrected chi connectivity index (χ1v) is 6.37. The zero-order valence-electron chi connectivity index (χ0n) is 10.2. The van der Waals surface area contributed by atoms with Gasteiger partial charge in [-0.3, -0.25) is 14.9 Å². The van der Waals surface area contributed by atoms with Crippen molar-refractivity contribution in [1.29, 1.82) is 0 Å². The molecule has 19 heavy (non-hydrogen) atoms. The standard InChI is InChI=1S/C13H11BrN2O3/c1-9(17)10-5-6-15(7-10)8-11-3-2-4-12(13(11)14)16(18)19/h2-7H,8H2,1H3. The fourth-order valence-electron chi connectivity index (χ4n) is 1.77. The molecule has 6 heteroatoms. The molecular formula is C13H11BrN2O3. The molecule has 0 aliphatic rings. The number of aromatic nitrogens is 1. The minimum atomic E-state index is -0.426. The van der Waals surface area contributed by atoms with Gasteiger partial charge in [-0.15, -0.1) is 0 Å². The maximum atomic E-state index is 11.2. The van der Waals surface area contributed by atoms with Crippen LogP contribution in [0.5, 0.6) is 0 Å². The van der Waals surface area contributed by atoms with E-state index in [4.69, 9.17) is 0 Å². The zero-order valence-corrected chi connectivity index (χ0v) is 11.8. The van der Waals surface area contributed by atoms with Crippen LogP contribution in [0.2, 0.25) is 0 Å². The molecule has 0 radical (unpaired) electrons. The molecular weight excluding hydrogens is 312 g/mol. The largest absolute Gasteiger partial charge is 0.349 e. The normalized spacial score (nSPS) is 10.4. The second-order valence-electron chi connectivity index (χ2n) is 4.14. The van der Waals surface area contributed by atoms with Crippen LogP contribution in [-0.4, -0.2) is 15.3 Å². The summed E-state index contributed by atoms with van der Waals surface area (Å²) in [4.78, 5) is 21.6. The Balaban J connectivity index is 2.30. The summed E-state index contributed by atoms with van der Waals surface area (Å²) in [5.74, 6) is -0.00291. The molecule has 0 atom stereocenters. The molecule has 0 fully saturated rings. The van der Waals surface area contributed by atoms with Gasteiger partial charge in [-0.2, -0.15) is 0 Å². The molecule has 0 bridgehead atoms. The number of halogens is 1. The van der Waals surface area contributed by atoms with Crippen molar-refractivity contribution in [2.24, 2.45) is 0 Å². The molecule has 0 saturated heterocycles. The van der Waals surface area contributed by atoms with E-state index in [1.54, 1.807) is 24.5 Å². The molecule has 0 aliphatic carbocycles. The highest BCUT2D eigenvalue weighted by molar-refractivity contribution is 9.10. The predicted molar refractivity (Wildman–Crippen MR) is 74.3 cm³/mol. The van der Waals surface area contributed by atoms with Gasteiger partial charge < -0.3 is 4.57 Å². The van der Waals surface area contributed by atoms with Gasteiger partial charge in [-0.1, -0.05) is 12.1 Å². The van der Waals surface area contributed by atoms with E-state index in [0.29, 0.717) is 16.6 Å². The van der Waals surface area contributed by atoms with E-state index in [-0.39, 0.29) is 11.5 Å². The lowest BCUT2D eigenvalue weighted by Crippen LogP contribution is -2.00. The van der Waals surface area contributed by atoms with Crippen molar-refractivity contribution in [3.63, 3.8) is 0 Å². The first kappa shape index (κ1) is 13.5. The first-order valence-electron chi connectivity index (χ1n) is 5.57. The second kappa shape index (κ2) is 5.36. The Labute approximate surface area is 118 Å². The summed E-state index contributed by atoms with van der Waals surface area (Å²) >= 11 is 3.25. The van der Waals surface area contributed by atoms with Crippen molar-refractivity contribution in [1.82, 2.24) is 4.57 Å². The lowest BCUT2D eigenvalue weighted by Gasteiger charge is -2.06. The summed E-state index contributed by atoms with van der Waals surface area (Å²) in [5, 5.41) is 10.8. The van der Waals surface area contributed by atoms with Gasteiger partial charge in [0, 0.05) is 30.6 Å². The van der Waals surface area contributed by atoms with Crippen LogP contribution in [0.3, 0.4) is 0 Å². The van der Waals surface area contributed by atoms with Crippen molar-refractivity contribution in [3.8, 4) is 0 Å². The molecule has 1 aromatic heterocycles. The first-order chi connectivity index (χ1) is 8.99. The maximum absolute atomic E-state index is 11.2. The van der Waals surface area contributed by atoms with E-state index in [9.17, 15) is 14.9 Å². The Hall–Kier alpha value is -1.95. The summed E-state index contributed by atoms with van der Waals surface area (Å²) in [6, 6.07) is 6.63. The topological polar surface area (TPSA) is 65.1 Å². The molecule has 1 aromatic carbocycles. The smallest absolute Gasteiger partial charge is 0.283 e. The van der Waals surface area contributed by atoms with Gasteiger partial charge in [0.25, 0.3) is 5.69 Å². The second-order valence-corrected chi connectivity index (χ2v) is 4.93. The summed E-state index contributed by atoms with van der Waals surface area (Å²) in [7, 11) is 0. The third-order valence-electron chi connectivity index (χ3n) is 2.76. The highest BCUT2D eigenvalue weighted by Gasteiger charge is 2.15. The van der Waals surface area contributed by atoms with E-state index in [1.807, 2.05) is 10.6 Å². The average molecular weight is 323 g/mol. The van der Waals surface area contributed by atoms with Gasteiger partial charge >= 0.3 is 0 Å². The maximum Gasteiger partial charge on any atom is 0.283 e. The summed E-state index contributed by atoms with van der Waals surface area (Å²) in [6.07, 6.45) is 3.51. The SMILES string of the molecule is CC(=O)c1ccn(Cc2cccc([N+](=O)[O-])c2Br)c1. The molecule has 0 amide bonds. The van der Waals surface area contributed by atoms with E-state index in [0.717, 1.165) is 5.56 Å². The fourth-order valence-corrected chi connectivity index (χ4v) is 2.31. The van der Waals surface area contributed by atoms with Gasteiger partial charge in [-0.25, -0.2) is 0 Å². The van der Waals surface area contributed by atoms with Crippen LogP contribution in [0.1, 0.15) is 22.8 Å². The molecule has 0 unspecified atom stereocenters. The molecule has 1 heterocycles. The molecule has 5 nitrogen and oxygen atoms in total. The van der Waals surface area contributed by atoms with Crippen molar-refractivity contribution in [2.75, 3.05) is 0 Å². The molecule has 0 aliphatic heterocycles. The van der Waals surface area contributed by atoms with Crippen LogP contribution in [0.15, 0.2) is 41.1 Å². The predicted octanol–water partition coefficient (Wildman–Crippen LogP) is 3.41. The van der Waals surface area contributed by atoms with Crippen LogP contribution >= 0.6 is 15.9 Å². The number of benzene rings is 1. The Morgan fingerprint density at radius 1 is 1.42 bits per heavy atom. The van der Waals surface area contributed by atoms with Crippen LogP contribution in [0, 0.1) is 10.1 Å². The lowest BCUT2D eigenvalue weighted by molar-refractivity contribution is -0.385. The van der Waals surface area contributed by atoms with E-state index >= 15 is 0 Å². The number of rotatable bonds is 4. The van der Waals surface area contributed by atoms with Gasteiger partial charge in [-0.05, 0) is 34.5 Å². The van der Waals surface area contributed by atoms with Crippen LogP contribution in [0.4, 0.5) is 5.69 Å². The molecule has 0 saturated carbocycles. The highest BCUT2D eigenvalue weighted by Crippen LogP contribution is 2.28. The van der Waals surface area contributed by atoms with Crippen LogP contribution < -0.4 is 0 Å². The van der Waals surface area contributed by atoms with E-state index in [2.05, 4.69) is 15.9 Å². The van der Waals surface area contributed by atoms with Crippen molar-refractivity contribution in [3.05, 3.63) is 62.4 Å². The minimum absolute atomic E-state index is 0.00291. The van der Waals surface area contributed by atoms with E-state index in [1.165, 1.54) is 13.0 Å². The van der Waals surface area contributed by atoms with Crippen molar-refractivity contribution >= 4 is 27.4 Å². The average Bonchev–Trinajstić information content (AvgIpc) is 2.80. The molecule has 0 N–H and O–H groups in total. The molecule has 2 rings (SSSR count). The Morgan fingerprint density at radius 2 is 2.16 bits per heavy atom. The Kier molecular flexibility index (Phi) is 3.80. The quantitative estimate of drug-likeness (QED) is 0.492. The number of nitro groups is 1. The number of hydrogen-bond acceptors (Lipinski definition) is 3. The number of Topliss-reactive ketones (excluding diaryl/α,β-unsaturated/α-hetero) is 1. The fraction of sp³-hybridized carbons (Fsp3) is 0.154. The third-order valence-corrected chi connectivity index (χ3v) is 3.68.